The Hall–Kier alpha value is -1.47. The Morgan fingerprint density at radius 1 is 1.75 bits per heavy atom. The molecule has 0 spiro atoms. The molecule has 1 aromatic heterocycles. The molecule has 0 aliphatic heterocycles. The third-order valence-corrected chi connectivity index (χ3v) is 1.86. The van der Waals surface area contributed by atoms with E-state index in [9.17, 15) is 4.79 Å². The number of aromatic amines is 1. The van der Waals surface area contributed by atoms with E-state index in [2.05, 4.69) is 4.98 Å². The molecule has 62 valence electrons. The van der Waals surface area contributed by atoms with Gasteiger partial charge in [0.05, 0.1) is 10.6 Å². The third kappa shape index (κ3) is 1.15. The molecule has 0 saturated carbocycles. The quantitative estimate of drug-likeness (QED) is 0.680. The van der Waals surface area contributed by atoms with E-state index in [0.717, 1.165) is 0 Å². The summed E-state index contributed by atoms with van der Waals surface area (Å²) >= 11 is 5.67. The molecule has 12 heavy (non-hydrogen) atoms. The average Bonchev–Trinajstić information content (AvgIpc) is 2.27. The van der Waals surface area contributed by atoms with E-state index >= 15 is 0 Å². The number of nitriles is 1. The predicted molar refractivity (Wildman–Crippen MR) is 43.8 cm³/mol. The predicted octanol–water partition coefficient (Wildman–Crippen LogP) is 0.947. The summed E-state index contributed by atoms with van der Waals surface area (Å²) in [6.45, 7) is 1.65. The number of hydrogen-bond donors (Lipinski definition) is 2. The van der Waals surface area contributed by atoms with Crippen LogP contribution in [0.1, 0.15) is 21.7 Å². The Morgan fingerprint density at radius 2 is 2.33 bits per heavy atom. The summed E-state index contributed by atoms with van der Waals surface area (Å²) < 4.78 is 0. The fraction of sp³-hybridized carbons (Fsp3) is 0.143. The summed E-state index contributed by atoms with van der Waals surface area (Å²) in [6.07, 6.45) is 0. The van der Waals surface area contributed by atoms with Gasteiger partial charge in [0.15, 0.2) is 0 Å². The molecule has 0 bridgehead atoms. The number of nitrogens with one attached hydrogen (secondary N) is 1. The molecule has 1 rings (SSSR count). The Morgan fingerprint density at radius 3 is 2.58 bits per heavy atom. The number of hydrogen-bond acceptors (Lipinski definition) is 2. The van der Waals surface area contributed by atoms with Gasteiger partial charge in [0.1, 0.15) is 11.8 Å². The first kappa shape index (κ1) is 8.62. The lowest BCUT2D eigenvalue weighted by atomic mass is 10.2. The topological polar surface area (TPSA) is 82.7 Å². The maximum absolute atomic E-state index is 10.7. The Bertz CT molecular complexity index is 375. The van der Waals surface area contributed by atoms with Gasteiger partial charge in [-0.2, -0.15) is 5.26 Å². The lowest BCUT2D eigenvalue weighted by molar-refractivity contribution is 0.0996. The number of H-pyrrole nitrogens is 1. The molecular weight excluding hydrogens is 178 g/mol. The Kier molecular flexibility index (Phi) is 2.07. The molecule has 3 N–H and O–H groups in total. The van der Waals surface area contributed by atoms with Gasteiger partial charge in [-0.25, -0.2) is 0 Å². The maximum atomic E-state index is 10.7. The van der Waals surface area contributed by atoms with Gasteiger partial charge in [-0.05, 0) is 6.92 Å². The molecule has 0 fully saturated rings. The van der Waals surface area contributed by atoms with E-state index in [-0.39, 0.29) is 16.3 Å². The van der Waals surface area contributed by atoms with Gasteiger partial charge in [0.25, 0.3) is 5.91 Å². The van der Waals surface area contributed by atoms with Gasteiger partial charge in [0.2, 0.25) is 0 Å². The number of halogens is 1. The first-order chi connectivity index (χ1) is 5.57. The lowest BCUT2D eigenvalue weighted by Crippen LogP contribution is -2.11. The smallest absolute Gasteiger partial charge is 0.266 e. The Balaban J connectivity index is 3.39. The van der Waals surface area contributed by atoms with Crippen molar-refractivity contribution in [2.45, 2.75) is 6.92 Å². The zero-order valence-electron chi connectivity index (χ0n) is 6.31. The van der Waals surface area contributed by atoms with Crippen LogP contribution in [0.25, 0.3) is 0 Å². The number of primary amides is 1. The first-order valence-corrected chi connectivity index (χ1v) is 3.53. The fourth-order valence-electron chi connectivity index (χ4n) is 0.897. The highest BCUT2D eigenvalue weighted by atomic mass is 35.5. The van der Waals surface area contributed by atoms with E-state index in [0.29, 0.717) is 5.69 Å². The van der Waals surface area contributed by atoms with Crippen LogP contribution in [-0.2, 0) is 0 Å². The third-order valence-electron chi connectivity index (χ3n) is 1.48. The van der Waals surface area contributed by atoms with Gasteiger partial charge in [-0.3, -0.25) is 4.79 Å². The monoisotopic (exact) mass is 183 g/mol. The highest BCUT2D eigenvalue weighted by molar-refractivity contribution is 6.34. The molecule has 0 aromatic carbocycles. The second-order valence-corrected chi connectivity index (χ2v) is 2.67. The van der Waals surface area contributed by atoms with Gasteiger partial charge in [-0.1, -0.05) is 11.6 Å². The van der Waals surface area contributed by atoms with Gasteiger partial charge < -0.3 is 10.7 Å². The SMILES string of the molecule is Cc1[nH]c(C(N)=O)c(Cl)c1C#N. The molecule has 1 aromatic rings. The number of aryl methyl sites for hydroxylation is 1. The second-order valence-electron chi connectivity index (χ2n) is 2.29. The largest absolute Gasteiger partial charge is 0.364 e. The molecule has 4 nitrogen and oxygen atoms in total. The van der Waals surface area contributed by atoms with Crippen molar-refractivity contribution in [2.24, 2.45) is 5.73 Å². The second kappa shape index (κ2) is 2.88. The van der Waals surface area contributed by atoms with Crippen LogP contribution >= 0.6 is 11.6 Å². The van der Waals surface area contributed by atoms with Crippen molar-refractivity contribution in [1.82, 2.24) is 4.98 Å². The summed E-state index contributed by atoms with van der Waals surface area (Å²) in [4.78, 5) is 13.3. The van der Waals surface area contributed by atoms with Crippen LogP contribution in [0.3, 0.4) is 0 Å². The molecule has 0 aliphatic rings. The first-order valence-electron chi connectivity index (χ1n) is 3.16. The number of nitrogens with zero attached hydrogens (tertiary/aromatic N) is 1. The molecule has 0 saturated heterocycles. The van der Waals surface area contributed by atoms with Crippen molar-refractivity contribution in [3.63, 3.8) is 0 Å². The average molecular weight is 184 g/mol. The van der Waals surface area contributed by atoms with Crippen LogP contribution < -0.4 is 5.73 Å². The van der Waals surface area contributed by atoms with Gasteiger partial charge in [-0.15, -0.1) is 0 Å². The van der Waals surface area contributed by atoms with E-state index in [1.54, 1.807) is 6.92 Å². The molecule has 1 heterocycles. The standard InChI is InChI=1S/C7H6ClN3O/c1-3-4(2-9)5(8)6(11-3)7(10)12/h11H,1H3,(H2,10,12). The van der Waals surface area contributed by atoms with Crippen LogP contribution in [0.2, 0.25) is 5.02 Å². The van der Waals surface area contributed by atoms with Crippen molar-refractivity contribution < 1.29 is 4.79 Å². The minimum Gasteiger partial charge on any atom is -0.364 e. The van der Waals surface area contributed by atoms with E-state index in [1.165, 1.54) is 0 Å². The summed E-state index contributed by atoms with van der Waals surface area (Å²) in [5.74, 6) is -0.662. The Labute approximate surface area is 73.9 Å². The van der Waals surface area contributed by atoms with Crippen LogP contribution in [0.15, 0.2) is 0 Å². The fourth-order valence-corrected chi connectivity index (χ4v) is 1.22. The summed E-state index contributed by atoms with van der Waals surface area (Å²) in [6, 6.07) is 1.87. The van der Waals surface area contributed by atoms with Gasteiger partial charge >= 0.3 is 0 Å². The van der Waals surface area contributed by atoms with Crippen molar-refractivity contribution in [3.8, 4) is 6.07 Å². The van der Waals surface area contributed by atoms with Crippen LogP contribution in [-0.4, -0.2) is 10.9 Å². The molecule has 5 heteroatoms. The molecule has 0 unspecified atom stereocenters. The molecule has 0 atom stereocenters. The minimum absolute atomic E-state index is 0.0886. The van der Waals surface area contributed by atoms with E-state index in [4.69, 9.17) is 22.6 Å². The van der Waals surface area contributed by atoms with E-state index < -0.39 is 5.91 Å². The molecule has 1 amide bonds. The van der Waals surface area contributed by atoms with Crippen molar-refractivity contribution >= 4 is 17.5 Å². The van der Waals surface area contributed by atoms with Crippen LogP contribution in [0.4, 0.5) is 0 Å². The number of carbonyl (C=O) groups is 1. The minimum atomic E-state index is -0.662. The summed E-state index contributed by atoms with van der Waals surface area (Å²) in [7, 11) is 0. The van der Waals surface area contributed by atoms with Gasteiger partial charge in [0, 0.05) is 5.69 Å². The van der Waals surface area contributed by atoms with Crippen molar-refractivity contribution in [1.29, 1.82) is 5.26 Å². The number of nitrogens with two attached hydrogens (primary N) is 1. The van der Waals surface area contributed by atoms with Crippen LogP contribution in [0, 0.1) is 18.3 Å². The summed E-state index contributed by atoms with van der Waals surface area (Å²) in [5, 5.41) is 8.69. The molecule has 0 radical (unpaired) electrons. The normalized spacial score (nSPS) is 9.42. The van der Waals surface area contributed by atoms with Crippen LogP contribution in [0.5, 0.6) is 0 Å². The van der Waals surface area contributed by atoms with E-state index in [1.807, 2.05) is 6.07 Å². The highest BCUT2D eigenvalue weighted by Gasteiger charge is 2.15. The number of rotatable bonds is 1. The maximum Gasteiger partial charge on any atom is 0.266 e. The molecule has 0 aliphatic carbocycles. The van der Waals surface area contributed by atoms with Crippen molar-refractivity contribution in [3.05, 3.63) is 22.0 Å². The number of aromatic nitrogens is 1. The number of amides is 1. The zero-order chi connectivity index (χ0) is 9.30. The zero-order valence-corrected chi connectivity index (χ0v) is 7.07. The summed E-state index contributed by atoms with van der Waals surface area (Å²) in [5.41, 5.74) is 5.90. The lowest BCUT2D eigenvalue weighted by Gasteiger charge is -1.88. The molecular formula is C7H6ClN3O. The van der Waals surface area contributed by atoms with Crippen molar-refractivity contribution in [2.75, 3.05) is 0 Å². The highest BCUT2D eigenvalue weighted by Crippen LogP contribution is 2.22. The number of carbonyl (C=O) groups excluding carboxylic acids is 1.